The molecule has 0 saturated carbocycles. The van der Waals surface area contributed by atoms with E-state index in [1.807, 2.05) is 25.2 Å². The highest BCUT2D eigenvalue weighted by Gasteiger charge is 2.40. The van der Waals surface area contributed by atoms with Crippen molar-refractivity contribution in [1.29, 1.82) is 0 Å². The van der Waals surface area contributed by atoms with Crippen LogP contribution in [0, 0.1) is 0 Å². The molecule has 0 unspecified atom stereocenters. The highest BCUT2D eigenvalue weighted by Crippen LogP contribution is 2.35. The van der Waals surface area contributed by atoms with Crippen molar-refractivity contribution in [3.8, 4) is 0 Å². The Bertz CT molecular complexity index is 663. The first kappa shape index (κ1) is 16.0. The monoisotopic (exact) mass is 305 g/mol. The van der Waals surface area contributed by atoms with Gasteiger partial charge in [0.15, 0.2) is 5.78 Å². The second-order valence-electron chi connectivity index (χ2n) is 5.90. The zero-order valence-corrected chi connectivity index (χ0v) is 13.1. The standard InChI is InChI=1S/C17H19NO2.ClH/c1-17(20)11-18(2)15(10-16(17)19)14-9-5-7-12-6-3-4-8-13(12)14;/h3-9,15,20H,10-11H2,1-2H3;1H/t15-,17-;/m0./s1. The van der Waals surface area contributed by atoms with Gasteiger partial charge in [-0.2, -0.15) is 0 Å². The second-order valence-corrected chi connectivity index (χ2v) is 5.90. The number of fused-ring (bicyclic) bond motifs is 1. The van der Waals surface area contributed by atoms with Gasteiger partial charge < -0.3 is 5.11 Å². The third kappa shape index (κ3) is 2.82. The van der Waals surface area contributed by atoms with Crippen LogP contribution < -0.4 is 0 Å². The van der Waals surface area contributed by atoms with Crippen molar-refractivity contribution in [2.45, 2.75) is 25.0 Å². The number of ketones is 1. The fourth-order valence-electron chi connectivity index (χ4n) is 3.12. The van der Waals surface area contributed by atoms with Crippen molar-refractivity contribution in [3.63, 3.8) is 0 Å². The van der Waals surface area contributed by atoms with Crippen LogP contribution >= 0.6 is 12.4 Å². The summed E-state index contributed by atoms with van der Waals surface area (Å²) in [6.07, 6.45) is 0.359. The number of likely N-dealkylation sites (N-methyl/N-ethyl adjacent to an activating group) is 1. The molecule has 1 aliphatic heterocycles. The van der Waals surface area contributed by atoms with Crippen LogP contribution in [0.2, 0.25) is 0 Å². The normalized spacial score (nSPS) is 26.6. The lowest BCUT2D eigenvalue weighted by atomic mass is 9.85. The van der Waals surface area contributed by atoms with Crippen LogP contribution in [0.3, 0.4) is 0 Å². The molecule has 3 nitrogen and oxygen atoms in total. The molecule has 1 N–H and O–H groups in total. The van der Waals surface area contributed by atoms with E-state index in [9.17, 15) is 9.90 Å². The molecule has 112 valence electrons. The third-order valence-corrected chi connectivity index (χ3v) is 4.25. The fourth-order valence-corrected chi connectivity index (χ4v) is 3.12. The Balaban J connectivity index is 0.00000161. The Hall–Kier alpha value is -1.42. The molecule has 2 atom stereocenters. The average molecular weight is 306 g/mol. The van der Waals surface area contributed by atoms with Crippen molar-refractivity contribution >= 4 is 29.0 Å². The lowest BCUT2D eigenvalue weighted by Gasteiger charge is -2.40. The summed E-state index contributed by atoms with van der Waals surface area (Å²) in [6, 6.07) is 14.4. The molecule has 0 spiro atoms. The Labute approximate surface area is 131 Å². The summed E-state index contributed by atoms with van der Waals surface area (Å²) >= 11 is 0. The summed E-state index contributed by atoms with van der Waals surface area (Å²) in [4.78, 5) is 14.2. The Kier molecular flexibility index (Phi) is 4.38. The van der Waals surface area contributed by atoms with E-state index in [2.05, 4.69) is 29.2 Å². The first-order chi connectivity index (χ1) is 9.49. The van der Waals surface area contributed by atoms with Crippen molar-refractivity contribution in [3.05, 3.63) is 48.0 Å². The van der Waals surface area contributed by atoms with Crippen LogP contribution in [0.4, 0.5) is 0 Å². The van der Waals surface area contributed by atoms with Gasteiger partial charge in [0.2, 0.25) is 0 Å². The minimum Gasteiger partial charge on any atom is -0.381 e. The lowest BCUT2D eigenvalue weighted by Crippen LogP contribution is -2.52. The molecule has 1 fully saturated rings. The molecular weight excluding hydrogens is 286 g/mol. The van der Waals surface area contributed by atoms with Crippen LogP contribution in [-0.2, 0) is 4.79 Å². The Morgan fingerprint density at radius 2 is 1.86 bits per heavy atom. The van der Waals surface area contributed by atoms with Gasteiger partial charge in [0.1, 0.15) is 5.60 Å². The quantitative estimate of drug-likeness (QED) is 0.880. The number of rotatable bonds is 1. The van der Waals surface area contributed by atoms with E-state index in [1.54, 1.807) is 6.92 Å². The largest absolute Gasteiger partial charge is 0.381 e. The van der Waals surface area contributed by atoms with Gasteiger partial charge >= 0.3 is 0 Å². The zero-order valence-electron chi connectivity index (χ0n) is 12.2. The Morgan fingerprint density at radius 3 is 2.62 bits per heavy atom. The predicted molar refractivity (Wildman–Crippen MR) is 86.8 cm³/mol. The average Bonchev–Trinajstić information content (AvgIpc) is 2.42. The minimum atomic E-state index is -1.23. The van der Waals surface area contributed by atoms with E-state index in [1.165, 1.54) is 10.8 Å². The zero-order chi connectivity index (χ0) is 14.3. The van der Waals surface area contributed by atoms with Crippen LogP contribution in [0.25, 0.3) is 10.8 Å². The SMILES string of the molecule is CN1C[C@](C)(O)C(=O)C[C@H]1c1cccc2ccccc12.Cl. The minimum absolute atomic E-state index is 0. The number of likely N-dealkylation sites (tertiary alicyclic amines) is 1. The van der Waals surface area contributed by atoms with E-state index in [-0.39, 0.29) is 24.2 Å². The summed E-state index contributed by atoms with van der Waals surface area (Å²) in [5.41, 5.74) is -0.0648. The lowest BCUT2D eigenvalue weighted by molar-refractivity contribution is -0.144. The van der Waals surface area contributed by atoms with E-state index in [0.717, 1.165) is 5.56 Å². The van der Waals surface area contributed by atoms with E-state index in [4.69, 9.17) is 0 Å². The van der Waals surface area contributed by atoms with Gasteiger partial charge in [-0.3, -0.25) is 9.69 Å². The summed E-state index contributed by atoms with van der Waals surface area (Å²) in [5.74, 6) is -0.0754. The van der Waals surface area contributed by atoms with Gasteiger partial charge in [-0.1, -0.05) is 42.5 Å². The number of nitrogens with zero attached hydrogens (tertiary/aromatic N) is 1. The van der Waals surface area contributed by atoms with E-state index >= 15 is 0 Å². The van der Waals surface area contributed by atoms with Gasteiger partial charge in [0, 0.05) is 19.0 Å². The maximum absolute atomic E-state index is 12.1. The maximum Gasteiger partial charge on any atom is 0.167 e. The Morgan fingerprint density at radius 1 is 1.19 bits per heavy atom. The smallest absolute Gasteiger partial charge is 0.167 e. The van der Waals surface area contributed by atoms with E-state index < -0.39 is 5.60 Å². The summed E-state index contributed by atoms with van der Waals surface area (Å²) in [5, 5.41) is 12.5. The molecule has 2 aromatic rings. The predicted octanol–water partition coefficient (Wildman–Crippen LogP) is 2.96. The number of halogens is 1. The molecule has 4 heteroatoms. The second kappa shape index (κ2) is 5.76. The van der Waals surface area contributed by atoms with Gasteiger partial charge in [-0.25, -0.2) is 0 Å². The van der Waals surface area contributed by atoms with Crippen molar-refractivity contribution in [1.82, 2.24) is 4.90 Å². The number of hydrogen-bond donors (Lipinski definition) is 1. The molecule has 0 radical (unpaired) electrons. The number of aliphatic hydroxyl groups is 1. The molecule has 0 bridgehead atoms. The highest BCUT2D eigenvalue weighted by atomic mass is 35.5. The first-order valence-electron chi connectivity index (χ1n) is 6.92. The molecular formula is C17H20ClNO2. The molecule has 0 amide bonds. The number of β-amino-alcohol motifs (C(OH)–C–C–N with tert-alkyl or cyclic N) is 1. The molecule has 2 aromatic carbocycles. The number of hydrogen-bond acceptors (Lipinski definition) is 3. The highest BCUT2D eigenvalue weighted by molar-refractivity contribution is 5.90. The molecule has 1 heterocycles. The number of benzene rings is 2. The molecule has 0 aliphatic carbocycles. The third-order valence-electron chi connectivity index (χ3n) is 4.25. The van der Waals surface area contributed by atoms with Crippen LogP contribution in [0.15, 0.2) is 42.5 Å². The van der Waals surface area contributed by atoms with Crippen molar-refractivity contribution < 1.29 is 9.90 Å². The molecule has 0 aromatic heterocycles. The maximum atomic E-state index is 12.1. The van der Waals surface area contributed by atoms with Gasteiger partial charge in [-0.15, -0.1) is 12.4 Å². The summed E-state index contributed by atoms with van der Waals surface area (Å²) in [7, 11) is 1.97. The molecule has 1 saturated heterocycles. The van der Waals surface area contributed by atoms with Crippen LogP contribution in [0.5, 0.6) is 0 Å². The topological polar surface area (TPSA) is 40.5 Å². The van der Waals surface area contributed by atoms with Crippen molar-refractivity contribution in [2.75, 3.05) is 13.6 Å². The van der Waals surface area contributed by atoms with Crippen LogP contribution in [0.1, 0.15) is 24.9 Å². The summed E-state index contributed by atoms with van der Waals surface area (Å²) in [6.45, 7) is 1.98. The molecule has 1 aliphatic rings. The van der Waals surface area contributed by atoms with Gasteiger partial charge in [-0.05, 0) is 30.3 Å². The van der Waals surface area contributed by atoms with Gasteiger partial charge in [0.25, 0.3) is 0 Å². The number of carbonyl (C=O) groups excluding carboxylic acids is 1. The fraction of sp³-hybridized carbons (Fsp3) is 0.353. The number of piperidine rings is 1. The molecule has 3 rings (SSSR count). The number of Topliss-reactive ketones (excluding diaryl/α,β-unsaturated/α-hetero) is 1. The summed E-state index contributed by atoms with van der Waals surface area (Å²) < 4.78 is 0. The van der Waals surface area contributed by atoms with Crippen molar-refractivity contribution in [2.24, 2.45) is 0 Å². The molecule has 21 heavy (non-hydrogen) atoms. The number of carbonyl (C=O) groups is 1. The van der Waals surface area contributed by atoms with Crippen LogP contribution in [-0.4, -0.2) is 35.0 Å². The first-order valence-corrected chi connectivity index (χ1v) is 6.92. The van der Waals surface area contributed by atoms with Gasteiger partial charge in [0.05, 0.1) is 0 Å². The van der Waals surface area contributed by atoms with E-state index in [0.29, 0.717) is 13.0 Å².